The molecule has 3 saturated heterocycles. The number of phosphoric ester groups is 1. The van der Waals surface area contributed by atoms with E-state index in [1.165, 1.54) is 15.5 Å². The lowest BCUT2D eigenvalue weighted by atomic mass is 9.98. The number of rotatable bonds is 6. The van der Waals surface area contributed by atoms with E-state index in [2.05, 4.69) is 29.9 Å². The number of aliphatic hydroxyl groups excluding tert-OH is 1. The number of fused-ring (bicyclic) bond motifs is 5. The monoisotopic (exact) mass is 820 g/mol. The number of anilines is 2. The summed E-state index contributed by atoms with van der Waals surface area (Å²) in [7, 11) is -3.71. The number of carbonyl (C=O) groups is 1. The smallest absolute Gasteiger partial charge is 0.454 e. The molecule has 6 N–H and O–H groups in total. The number of esters is 1. The van der Waals surface area contributed by atoms with Gasteiger partial charge in [-0.05, 0) is 20.8 Å². The van der Waals surface area contributed by atoms with Crippen LogP contribution in [0.4, 0.5) is 16.2 Å². The van der Waals surface area contributed by atoms with Gasteiger partial charge in [0.05, 0.1) is 31.3 Å². The number of imidazole rings is 2. The van der Waals surface area contributed by atoms with E-state index in [-0.39, 0.29) is 34.1 Å². The number of ether oxygens (including phenoxy) is 3. The Morgan fingerprint density at radius 2 is 1.70 bits per heavy atom. The highest BCUT2D eigenvalue weighted by Gasteiger charge is 2.55. The van der Waals surface area contributed by atoms with Crippen molar-refractivity contribution in [3.05, 3.63) is 29.3 Å². The average molecular weight is 821 g/mol. The van der Waals surface area contributed by atoms with Crippen LogP contribution in [0.25, 0.3) is 22.3 Å². The Morgan fingerprint density at radius 3 is 2.43 bits per heavy atom. The summed E-state index contributed by atoms with van der Waals surface area (Å²) in [4.78, 5) is 47.8. The second-order valence-corrected chi connectivity index (χ2v) is 18.9. The van der Waals surface area contributed by atoms with E-state index >= 15 is 4.39 Å². The molecule has 27 heteroatoms. The Labute approximate surface area is 307 Å². The molecular weight excluding hydrogens is 785 g/mol. The molecule has 0 aromatic carbocycles. The van der Waals surface area contributed by atoms with Gasteiger partial charge in [0.2, 0.25) is 5.95 Å². The van der Waals surface area contributed by atoms with Gasteiger partial charge in [0.15, 0.2) is 41.3 Å². The van der Waals surface area contributed by atoms with Crippen molar-refractivity contribution in [2.75, 3.05) is 37.7 Å². The molecule has 54 heavy (non-hydrogen) atoms. The number of aromatic amines is 1. The standard InChI is InChI=1S/C27H35FN10O13P2S/c1-27(2,3)25(41)45-10-54-53(43)47-6-12-17(13(28)23(49-12)37-8-33-14-19(29)31-7-32-20(14)37)50-52(42,44-4)46-5-11-16(39)18(51-53)24(48-11)38-9-34-15-21(38)35-26(30)36-22(15)40/h7-9,11-13,16-18,23-24,39H,5-6,10H2,1-4H3,(H2,29,31,32)(H3,30,35,36,40)/t11-,12-,13?,16?,17?,18?,23?,24-,52?,53?/m1/s1. The minimum Gasteiger partial charge on any atom is -0.454 e. The predicted molar refractivity (Wildman–Crippen MR) is 183 cm³/mol. The lowest BCUT2D eigenvalue weighted by Crippen LogP contribution is -2.35. The van der Waals surface area contributed by atoms with Crippen molar-refractivity contribution in [1.29, 1.82) is 0 Å². The summed E-state index contributed by atoms with van der Waals surface area (Å²) in [5.41, 5.74) is 10.1. The summed E-state index contributed by atoms with van der Waals surface area (Å²) in [6.07, 6.45) is -9.64. The number of phosphoric acid groups is 1. The number of aliphatic hydroxyl groups is 1. The van der Waals surface area contributed by atoms with E-state index in [4.69, 9.17) is 48.3 Å². The van der Waals surface area contributed by atoms with Gasteiger partial charge in [0.25, 0.3) is 5.56 Å². The normalized spacial score (nSPS) is 33.6. The molecule has 7 unspecified atom stereocenters. The van der Waals surface area contributed by atoms with Gasteiger partial charge >= 0.3 is 20.6 Å². The van der Waals surface area contributed by atoms with Crippen LogP contribution in [0.15, 0.2) is 23.8 Å². The number of nitrogens with one attached hydrogen (secondary N) is 1. The third-order valence-electron chi connectivity index (χ3n) is 8.50. The van der Waals surface area contributed by atoms with Crippen LogP contribution in [0.3, 0.4) is 0 Å². The fraction of sp³-hybridized carbons (Fsp3) is 0.593. The third kappa shape index (κ3) is 7.25. The quantitative estimate of drug-likeness (QED) is 0.122. The molecule has 23 nitrogen and oxygen atoms in total. The predicted octanol–water partition coefficient (Wildman–Crippen LogP) is 1.58. The number of nitrogens with zero attached hydrogens (tertiary/aromatic N) is 7. The Morgan fingerprint density at radius 1 is 1.02 bits per heavy atom. The molecule has 3 fully saturated rings. The van der Waals surface area contributed by atoms with Crippen LogP contribution < -0.4 is 17.0 Å². The van der Waals surface area contributed by atoms with E-state index in [0.29, 0.717) is 11.4 Å². The summed E-state index contributed by atoms with van der Waals surface area (Å²) in [5.74, 6) is -1.46. The molecule has 3 aliphatic heterocycles. The molecule has 7 heterocycles. The lowest BCUT2D eigenvalue weighted by molar-refractivity contribution is -0.150. The summed E-state index contributed by atoms with van der Waals surface area (Å²) < 4.78 is 93.0. The molecule has 4 aromatic rings. The molecule has 2 bridgehead atoms. The molecule has 7 rings (SSSR count). The topological polar surface area (TPSA) is 304 Å². The van der Waals surface area contributed by atoms with Crippen LogP contribution in [0.5, 0.6) is 0 Å². The number of hydrogen-bond acceptors (Lipinski definition) is 21. The van der Waals surface area contributed by atoms with Crippen molar-refractivity contribution in [1.82, 2.24) is 39.0 Å². The lowest BCUT2D eigenvalue weighted by Gasteiger charge is -2.28. The van der Waals surface area contributed by atoms with E-state index in [0.717, 1.165) is 19.8 Å². The first-order valence-electron chi connectivity index (χ1n) is 16.0. The number of aromatic nitrogens is 8. The fourth-order valence-electron chi connectivity index (χ4n) is 5.77. The first-order valence-corrected chi connectivity index (χ1v) is 20.6. The second kappa shape index (κ2) is 14.5. The highest BCUT2D eigenvalue weighted by atomic mass is 32.7. The van der Waals surface area contributed by atoms with Crippen LogP contribution in [0.1, 0.15) is 33.2 Å². The zero-order valence-electron chi connectivity index (χ0n) is 28.8. The van der Waals surface area contributed by atoms with Gasteiger partial charge in [-0.2, -0.15) is 4.98 Å². The van der Waals surface area contributed by atoms with Crippen LogP contribution >= 0.6 is 26.0 Å². The molecule has 10 atom stereocenters. The van der Waals surface area contributed by atoms with Crippen LogP contribution in [-0.4, -0.2) is 113 Å². The van der Waals surface area contributed by atoms with E-state index in [9.17, 15) is 23.8 Å². The van der Waals surface area contributed by atoms with E-state index in [1.54, 1.807) is 20.8 Å². The Bertz CT molecular complexity index is 2220. The summed E-state index contributed by atoms with van der Waals surface area (Å²) in [6, 6.07) is 0. The maximum absolute atomic E-state index is 16.5. The summed E-state index contributed by atoms with van der Waals surface area (Å²) >= 11 is 0.428. The first-order chi connectivity index (χ1) is 25.5. The van der Waals surface area contributed by atoms with Gasteiger partial charge in [-0.25, -0.2) is 33.5 Å². The zero-order valence-corrected chi connectivity index (χ0v) is 31.4. The average Bonchev–Trinajstić information content (AvgIpc) is 3.87. The zero-order chi connectivity index (χ0) is 38.7. The molecule has 0 spiro atoms. The van der Waals surface area contributed by atoms with Gasteiger partial charge in [-0.15, -0.1) is 0 Å². The van der Waals surface area contributed by atoms with Gasteiger partial charge in [-0.1, -0.05) is 0 Å². The minimum absolute atomic E-state index is 0.0148. The Kier molecular flexibility index (Phi) is 10.4. The Hall–Kier alpha value is -3.61. The third-order valence-corrected chi connectivity index (χ3v) is 13.3. The van der Waals surface area contributed by atoms with Crippen molar-refractivity contribution < 1.29 is 60.3 Å². The first kappa shape index (κ1) is 38.7. The number of H-pyrrole nitrogens is 1. The number of hydrogen-bond donors (Lipinski definition) is 4. The van der Waals surface area contributed by atoms with Gasteiger partial charge < -0.3 is 30.8 Å². The minimum atomic E-state index is -4.70. The SMILES string of the molecule is COP1(=O)OC[C@H]2O[C@@H](n3cnc4c(=O)[nH]c(N)nc43)C(OP(=O)(SCOC(=O)C(C)(C)C)OC[C@H]3OC(n4cnc5c(N)ncnc54)C(F)C3O1)C2O. The number of nitrogen functional groups attached to an aromatic ring is 2. The molecule has 0 aliphatic carbocycles. The summed E-state index contributed by atoms with van der Waals surface area (Å²) in [6.45, 7) is -1.27. The molecule has 294 valence electrons. The van der Waals surface area contributed by atoms with Crippen molar-refractivity contribution in [2.45, 2.75) is 69.9 Å². The molecule has 0 radical (unpaired) electrons. The number of nitrogens with two attached hydrogens (primary N) is 2. The maximum Gasteiger partial charge on any atom is 0.475 e. The van der Waals surface area contributed by atoms with E-state index in [1.807, 2.05) is 0 Å². The maximum atomic E-state index is 16.5. The van der Waals surface area contributed by atoms with Crippen LogP contribution in [0, 0.1) is 5.41 Å². The largest absolute Gasteiger partial charge is 0.475 e. The number of carbonyl (C=O) groups excluding carboxylic acids is 1. The highest BCUT2D eigenvalue weighted by molar-refractivity contribution is 8.55. The molecular formula is C27H35FN10O13P2S. The van der Waals surface area contributed by atoms with Gasteiger partial charge in [-0.3, -0.25) is 46.3 Å². The molecule has 0 saturated carbocycles. The van der Waals surface area contributed by atoms with Crippen molar-refractivity contribution in [2.24, 2.45) is 5.41 Å². The summed E-state index contributed by atoms with van der Waals surface area (Å²) in [5, 5.41) is 11.5. The molecule has 4 aromatic heterocycles. The van der Waals surface area contributed by atoms with Crippen molar-refractivity contribution >= 4 is 66.1 Å². The van der Waals surface area contributed by atoms with Gasteiger partial charge in [0, 0.05) is 18.5 Å². The van der Waals surface area contributed by atoms with Crippen molar-refractivity contribution in [3.63, 3.8) is 0 Å². The molecule has 0 amide bonds. The highest BCUT2D eigenvalue weighted by Crippen LogP contribution is 2.64. The fourth-order valence-corrected chi connectivity index (χ4v) is 9.68. The number of alkyl halides is 1. The second-order valence-electron chi connectivity index (χ2n) is 13.2. The van der Waals surface area contributed by atoms with Gasteiger partial charge in [0.1, 0.15) is 48.3 Å². The van der Waals surface area contributed by atoms with Crippen LogP contribution in [0.2, 0.25) is 0 Å². The number of halogens is 1. The van der Waals surface area contributed by atoms with Crippen LogP contribution in [-0.2, 0) is 50.8 Å². The molecule has 3 aliphatic rings. The van der Waals surface area contributed by atoms with E-state index < -0.39 is 99.9 Å². The van der Waals surface area contributed by atoms with Crippen molar-refractivity contribution in [3.8, 4) is 0 Å². The Balaban J connectivity index is 1.26.